The topological polar surface area (TPSA) is 82.0 Å². The standard InChI is InChI=1S/C15H10F3N3OS/c16-15(17,18)9-2-1-8(7-3-5-21-6-4-7)12-10(9)11(19)13(23-12)14(20)22/h1-6H,19H2,(H2,20,22). The summed E-state index contributed by atoms with van der Waals surface area (Å²) in [4.78, 5) is 15.3. The summed E-state index contributed by atoms with van der Waals surface area (Å²) in [7, 11) is 0. The van der Waals surface area contributed by atoms with Gasteiger partial charge in [-0.05, 0) is 29.3 Å². The number of primary amides is 1. The number of carbonyl (C=O) groups is 1. The van der Waals surface area contributed by atoms with E-state index in [-0.39, 0.29) is 20.7 Å². The lowest BCUT2D eigenvalue weighted by Gasteiger charge is -2.11. The van der Waals surface area contributed by atoms with Gasteiger partial charge >= 0.3 is 6.18 Å². The van der Waals surface area contributed by atoms with Crippen molar-refractivity contribution in [1.29, 1.82) is 0 Å². The van der Waals surface area contributed by atoms with Gasteiger partial charge in [0.25, 0.3) is 5.91 Å². The number of amides is 1. The highest BCUT2D eigenvalue weighted by atomic mass is 32.1. The molecule has 0 bridgehead atoms. The first-order valence-electron chi connectivity index (χ1n) is 6.43. The SMILES string of the molecule is NC(=O)c1sc2c(-c3ccncc3)ccc(C(F)(F)F)c2c1N. The Hall–Kier alpha value is -2.61. The molecule has 118 valence electrons. The number of aromatic nitrogens is 1. The Kier molecular flexibility index (Phi) is 3.48. The quantitative estimate of drug-likeness (QED) is 0.748. The zero-order chi connectivity index (χ0) is 16.8. The van der Waals surface area contributed by atoms with Gasteiger partial charge in [0.05, 0.1) is 11.3 Å². The molecule has 0 unspecified atom stereocenters. The molecule has 0 saturated heterocycles. The number of hydrogen-bond acceptors (Lipinski definition) is 4. The lowest BCUT2D eigenvalue weighted by atomic mass is 10.00. The van der Waals surface area contributed by atoms with Crippen LogP contribution in [-0.4, -0.2) is 10.9 Å². The molecule has 0 fully saturated rings. The first kappa shape index (κ1) is 15.3. The van der Waals surface area contributed by atoms with E-state index in [2.05, 4.69) is 4.98 Å². The van der Waals surface area contributed by atoms with E-state index in [1.165, 1.54) is 18.5 Å². The lowest BCUT2D eigenvalue weighted by molar-refractivity contribution is -0.136. The molecule has 23 heavy (non-hydrogen) atoms. The molecule has 0 aliphatic rings. The molecule has 4 N–H and O–H groups in total. The van der Waals surface area contributed by atoms with E-state index in [1.807, 2.05) is 0 Å². The van der Waals surface area contributed by atoms with Gasteiger partial charge in [-0.3, -0.25) is 9.78 Å². The highest BCUT2D eigenvalue weighted by molar-refractivity contribution is 7.22. The van der Waals surface area contributed by atoms with E-state index < -0.39 is 17.6 Å². The molecule has 0 atom stereocenters. The molecule has 1 amide bonds. The van der Waals surface area contributed by atoms with E-state index in [0.717, 1.165) is 17.4 Å². The molecule has 3 rings (SSSR count). The minimum Gasteiger partial charge on any atom is -0.397 e. The van der Waals surface area contributed by atoms with Crippen molar-refractivity contribution in [3.05, 3.63) is 47.1 Å². The molecule has 1 aromatic carbocycles. The number of hydrogen-bond donors (Lipinski definition) is 2. The fraction of sp³-hybridized carbons (Fsp3) is 0.0667. The van der Waals surface area contributed by atoms with Crippen LogP contribution in [-0.2, 0) is 6.18 Å². The summed E-state index contributed by atoms with van der Waals surface area (Å²) in [6.45, 7) is 0. The molecule has 3 aromatic rings. The second kappa shape index (κ2) is 5.24. The van der Waals surface area contributed by atoms with E-state index in [9.17, 15) is 18.0 Å². The molecule has 0 radical (unpaired) electrons. The zero-order valence-electron chi connectivity index (χ0n) is 11.5. The van der Waals surface area contributed by atoms with E-state index in [4.69, 9.17) is 11.5 Å². The second-order valence-corrected chi connectivity index (χ2v) is 5.83. The maximum Gasteiger partial charge on any atom is 0.417 e. The molecular formula is C15H10F3N3OS. The highest BCUT2D eigenvalue weighted by Gasteiger charge is 2.35. The Morgan fingerprint density at radius 3 is 2.35 bits per heavy atom. The van der Waals surface area contributed by atoms with E-state index >= 15 is 0 Å². The number of fused-ring (bicyclic) bond motifs is 1. The molecule has 2 heterocycles. The predicted octanol–water partition coefficient (Wildman–Crippen LogP) is 3.66. The van der Waals surface area contributed by atoms with Crippen molar-refractivity contribution in [2.24, 2.45) is 5.73 Å². The Morgan fingerprint density at radius 1 is 1.13 bits per heavy atom. The van der Waals surface area contributed by atoms with Gasteiger partial charge in [-0.2, -0.15) is 13.2 Å². The number of benzene rings is 1. The van der Waals surface area contributed by atoms with Crippen LogP contribution in [0.4, 0.5) is 18.9 Å². The number of nitrogens with two attached hydrogens (primary N) is 2. The Labute approximate surface area is 132 Å². The van der Waals surface area contributed by atoms with Crippen LogP contribution in [0.5, 0.6) is 0 Å². The summed E-state index contributed by atoms with van der Waals surface area (Å²) in [6.07, 6.45) is -1.52. The number of nitrogens with zero attached hydrogens (tertiary/aromatic N) is 1. The molecule has 4 nitrogen and oxygen atoms in total. The molecular weight excluding hydrogens is 327 g/mol. The van der Waals surface area contributed by atoms with E-state index in [0.29, 0.717) is 11.1 Å². The van der Waals surface area contributed by atoms with Crippen LogP contribution in [0.2, 0.25) is 0 Å². The van der Waals surface area contributed by atoms with Gasteiger partial charge in [0.1, 0.15) is 4.88 Å². The first-order chi connectivity index (χ1) is 10.8. The van der Waals surface area contributed by atoms with Crippen LogP contribution >= 0.6 is 11.3 Å². The second-order valence-electron chi connectivity index (χ2n) is 4.81. The maximum atomic E-state index is 13.3. The summed E-state index contributed by atoms with van der Waals surface area (Å²) in [5.41, 5.74) is 11.1. The lowest BCUT2D eigenvalue weighted by Crippen LogP contribution is -2.11. The monoisotopic (exact) mass is 337 g/mol. The van der Waals surface area contributed by atoms with Gasteiger partial charge in [0.15, 0.2) is 0 Å². The number of nitrogen functional groups attached to an aromatic ring is 1. The van der Waals surface area contributed by atoms with Crippen molar-refractivity contribution in [3.8, 4) is 11.1 Å². The predicted molar refractivity (Wildman–Crippen MR) is 83.0 cm³/mol. The van der Waals surface area contributed by atoms with Crippen LogP contribution in [0.1, 0.15) is 15.2 Å². The van der Waals surface area contributed by atoms with Crippen LogP contribution in [0.15, 0.2) is 36.7 Å². The van der Waals surface area contributed by atoms with Crippen molar-refractivity contribution in [3.63, 3.8) is 0 Å². The van der Waals surface area contributed by atoms with Gasteiger partial charge in [-0.15, -0.1) is 11.3 Å². The minimum atomic E-state index is -4.58. The first-order valence-corrected chi connectivity index (χ1v) is 7.24. The van der Waals surface area contributed by atoms with Gasteiger partial charge in [0, 0.05) is 22.5 Å². The average Bonchev–Trinajstić information content (AvgIpc) is 2.84. The summed E-state index contributed by atoms with van der Waals surface area (Å²) < 4.78 is 40.1. The third-order valence-corrected chi connectivity index (χ3v) is 4.65. The van der Waals surface area contributed by atoms with Crippen LogP contribution in [0, 0.1) is 0 Å². The van der Waals surface area contributed by atoms with Crippen molar-refractivity contribution in [2.45, 2.75) is 6.18 Å². The van der Waals surface area contributed by atoms with Crippen LogP contribution in [0.3, 0.4) is 0 Å². The molecule has 0 aliphatic carbocycles. The van der Waals surface area contributed by atoms with Crippen molar-refractivity contribution in [2.75, 3.05) is 5.73 Å². The van der Waals surface area contributed by atoms with Crippen LogP contribution in [0.25, 0.3) is 21.2 Å². The summed E-state index contributed by atoms with van der Waals surface area (Å²) in [5, 5.41) is -0.189. The largest absolute Gasteiger partial charge is 0.417 e. The number of anilines is 1. The van der Waals surface area contributed by atoms with E-state index in [1.54, 1.807) is 12.1 Å². The third kappa shape index (κ3) is 2.50. The van der Waals surface area contributed by atoms with Crippen molar-refractivity contribution in [1.82, 2.24) is 4.98 Å². The Morgan fingerprint density at radius 2 is 1.78 bits per heavy atom. The Balaban J connectivity index is 2.42. The smallest absolute Gasteiger partial charge is 0.397 e. The molecule has 0 saturated carbocycles. The molecule has 2 aromatic heterocycles. The van der Waals surface area contributed by atoms with Crippen LogP contribution < -0.4 is 11.5 Å². The fourth-order valence-corrected chi connectivity index (χ4v) is 3.54. The minimum absolute atomic E-state index is 0.0768. The van der Waals surface area contributed by atoms with Crippen molar-refractivity contribution >= 4 is 33.0 Å². The third-order valence-electron chi connectivity index (χ3n) is 3.40. The summed E-state index contributed by atoms with van der Waals surface area (Å²) in [6, 6.07) is 5.66. The molecule has 0 aliphatic heterocycles. The van der Waals surface area contributed by atoms with Gasteiger partial charge < -0.3 is 11.5 Å². The number of halogens is 3. The van der Waals surface area contributed by atoms with Gasteiger partial charge in [-0.1, -0.05) is 6.07 Å². The summed E-state index contributed by atoms with van der Waals surface area (Å²) >= 11 is 0.864. The van der Waals surface area contributed by atoms with Gasteiger partial charge in [-0.25, -0.2) is 0 Å². The zero-order valence-corrected chi connectivity index (χ0v) is 12.3. The summed E-state index contributed by atoms with van der Waals surface area (Å²) in [5.74, 6) is -0.850. The number of carbonyl (C=O) groups excluding carboxylic acids is 1. The maximum absolute atomic E-state index is 13.3. The fourth-order valence-electron chi connectivity index (χ4n) is 2.40. The number of alkyl halides is 3. The normalized spacial score (nSPS) is 11.8. The number of thiophene rings is 1. The van der Waals surface area contributed by atoms with Gasteiger partial charge in [0.2, 0.25) is 0 Å². The number of rotatable bonds is 2. The molecule has 0 spiro atoms. The number of pyridine rings is 1. The average molecular weight is 337 g/mol. The highest BCUT2D eigenvalue weighted by Crippen LogP contribution is 2.46. The Bertz CT molecular complexity index is 904. The van der Waals surface area contributed by atoms with Crippen molar-refractivity contribution < 1.29 is 18.0 Å². The molecule has 8 heteroatoms.